The number of pyridine rings is 1. The number of ether oxygens (including phenoxy) is 1. The fraction of sp³-hybridized carbons (Fsp3) is 0.385. The predicted molar refractivity (Wildman–Crippen MR) is 130 cm³/mol. The van der Waals surface area contributed by atoms with Crippen LogP contribution in [0.15, 0.2) is 54.9 Å². The molecule has 168 valence electrons. The molecular formula is C26H30ClN3O2. The molecule has 6 heteroatoms. The van der Waals surface area contributed by atoms with Crippen molar-refractivity contribution in [3.8, 4) is 11.1 Å². The summed E-state index contributed by atoms with van der Waals surface area (Å²) >= 11 is 6.65. The predicted octanol–water partition coefficient (Wildman–Crippen LogP) is 6.04. The van der Waals surface area contributed by atoms with Gasteiger partial charge >= 0.3 is 6.09 Å². The summed E-state index contributed by atoms with van der Waals surface area (Å²) < 4.78 is 5.38. The largest absolute Gasteiger partial charge is 0.444 e. The zero-order valence-corrected chi connectivity index (χ0v) is 19.7. The number of carbonyl (C=O) groups excluding carboxylic acids is 1. The molecule has 0 spiro atoms. The highest BCUT2D eigenvalue weighted by Gasteiger charge is 2.24. The van der Waals surface area contributed by atoms with Crippen molar-refractivity contribution in [3.63, 3.8) is 0 Å². The minimum absolute atomic E-state index is 0.143. The number of alkyl carbamates (subject to hydrolysis) is 1. The summed E-state index contributed by atoms with van der Waals surface area (Å²) in [5.74, 6) is 0. The molecule has 3 aromatic rings. The number of rotatable bonds is 4. The van der Waals surface area contributed by atoms with Crippen LogP contribution in [0.25, 0.3) is 21.9 Å². The van der Waals surface area contributed by atoms with E-state index in [1.165, 1.54) is 0 Å². The number of hydrogen-bond acceptors (Lipinski definition) is 4. The molecule has 0 saturated carbocycles. The molecule has 1 saturated heterocycles. The Bertz CT molecular complexity index is 1090. The average Bonchev–Trinajstić information content (AvgIpc) is 2.74. The van der Waals surface area contributed by atoms with Crippen molar-refractivity contribution >= 4 is 28.5 Å². The molecular weight excluding hydrogens is 422 g/mol. The van der Waals surface area contributed by atoms with E-state index in [0.717, 1.165) is 65.0 Å². The topological polar surface area (TPSA) is 54.5 Å². The SMILES string of the molecule is CC(C)(C)OC(=O)NC1CCN(Cc2cc3c(-c4ccccc4)cncc3cc2Cl)CC1. The zero-order chi connectivity index (χ0) is 22.7. The molecule has 1 aromatic heterocycles. The van der Waals surface area contributed by atoms with Crippen LogP contribution < -0.4 is 5.32 Å². The van der Waals surface area contributed by atoms with Gasteiger partial charge in [-0.05, 0) is 62.3 Å². The van der Waals surface area contributed by atoms with E-state index in [0.29, 0.717) is 0 Å². The van der Waals surface area contributed by atoms with Crippen molar-refractivity contribution in [1.82, 2.24) is 15.2 Å². The molecule has 0 unspecified atom stereocenters. The Balaban J connectivity index is 1.45. The standard InChI is InChI=1S/C26H30ClN3O2/c1-26(2,3)32-25(31)29-21-9-11-30(12-10-21)17-20-13-22-19(14-24(20)27)15-28-16-23(22)18-7-5-4-6-8-18/h4-8,13-16,21H,9-12,17H2,1-3H3,(H,29,31). The summed E-state index contributed by atoms with van der Waals surface area (Å²) in [6.07, 6.45) is 5.23. The first-order valence-electron chi connectivity index (χ1n) is 11.1. The van der Waals surface area contributed by atoms with Gasteiger partial charge in [-0.3, -0.25) is 9.88 Å². The van der Waals surface area contributed by atoms with Gasteiger partial charge < -0.3 is 10.1 Å². The van der Waals surface area contributed by atoms with Crippen LogP contribution in [0, 0.1) is 0 Å². The lowest BCUT2D eigenvalue weighted by Gasteiger charge is -2.33. The minimum atomic E-state index is -0.480. The average molecular weight is 452 g/mol. The number of likely N-dealkylation sites (tertiary alicyclic amines) is 1. The third-order valence-corrected chi connectivity index (χ3v) is 6.07. The molecule has 1 aliphatic heterocycles. The molecule has 1 N–H and O–H groups in total. The zero-order valence-electron chi connectivity index (χ0n) is 18.9. The molecule has 0 radical (unpaired) electrons. The first-order valence-corrected chi connectivity index (χ1v) is 11.5. The second kappa shape index (κ2) is 9.47. The molecule has 0 atom stereocenters. The molecule has 1 aliphatic rings. The van der Waals surface area contributed by atoms with Gasteiger partial charge in [0.05, 0.1) is 0 Å². The third kappa shape index (κ3) is 5.59. The van der Waals surface area contributed by atoms with Gasteiger partial charge in [0.15, 0.2) is 0 Å². The first kappa shape index (κ1) is 22.6. The summed E-state index contributed by atoms with van der Waals surface area (Å²) in [5.41, 5.74) is 2.89. The number of carbonyl (C=O) groups is 1. The van der Waals surface area contributed by atoms with E-state index in [4.69, 9.17) is 16.3 Å². The number of halogens is 1. The normalized spacial score (nSPS) is 15.6. The lowest BCUT2D eigenvalue weighted by atomic mass is 9.98. The fourth-order valence-corrected chi connectivity index (χ4v) is 4.39. The fourth-order valence-electron chi connectivity index (χ4n) is 4.15. The quantitative estimate of drug-likeness (QED) is 0.525. The third-order valence-electron chi connectivity index (χ3n) is 5.71. The molecule has 0 aliphatic carbocycles. The highest BCUT2D eigenvalue weighted by atomic mass is 35.5. The van der Waals surface area contributed by atoms with Crippen LogP contribution in [-0.2, 0) is 11.3 Å². The molecule has 1 amide bonds. The van der Waals surface area contributed by atoms with Gasteiger partial charge in [0.25, 0.3) is 0 Å². The molecule has 1 fully saturated rings. The van der Waals surface area contributed by atoms with Crippen molar-refractivity contribution in [2.45, 2.75) is 51.8 Å². The summed E-state index contributed by atoms with van der Waals surface area (Å²) in [4.78, 5) is 18.9. The maximum absolute atomic E-state index is 12.0. The number of piperidine rings is 1. The highest BCUT2D eigenvalue weighted by Crippen LogP contribution is 2.32. The number of fused-ring (bicyclic) bond motifs is 1. The summed E-state index contributed by atoms with van der Waals surface area (Å²) in [5, 5.41) is 5.96. The summed E-state index contributed by atoms with van der Waals surface area (Å²) in [6, 6.07) is 14.7. The lowest BCUT2D eigenvalue weighted by Crippen LogP contribution is -2.45. The van der Waals surface area contributed by atoms with E-state index in [1.807, 2.05) is 57.4 Å². The van der Waals surface area contributed by atoms with Crippen molar-refractivity contribution in [2.75, 3.05) is 13.1 Å². The molecule has 2 heterocycles. The van der Waals surface area contributed by atoms with E-state index < -0.39 is 5.60 Å². The van der Waals surface area contributed by atoms with Gasteiger partial charge in [-0.2, -0.15) is 0 Å². The second-order valence-electron chi connectivity index (χ2n) is 9.41. The lowest BCUT2D eigenvalue weighted by molar-refractivity contribution is 0.0477. The molecule has 2 aromatic carbocycles. The maximum atomic E-state index is 12.0. The van der Waals surface area contributed by atoms with Gasteiger partial charge in [-0.25, -0.2) is 4.79 Å². The monoisotopic (exact) mass is 451 g/mol. The van der Waals surface area contributed by atoms with E-state index in [-0.39, 0.29) is 12.1 Å². The highest BCUT2D eigenvalue weighted by molar-refractivity contribution is 6.32. The van der Waals surface area contributed by atoms with Crippen LogP contribution >= 0.6 is 11.6 Å². The summed E-state index contributed by atoms with van der Waals surface area (Å²) in [7, 11) is 0. The number of aromatic nitrogens is 1. The van der Waals surface area contributed by atoms with Gasteiger partial charge in [-0.1, -0.05) is 41.9 Å². The van der Waals surface area contributed by atoms with E-state index in [9.17, 15) is 4.79 Å². The Morgan fingerprint density at radius 3 is 2.56 bits per heavy atom. The Kier molecular flexibility index (Phi) is 6.68. The van der Waals surface area contributed by atoms with Crippen LogP contribution in [-0.4, -0.2) is 40.7 Å². The van der Waals surface area contributed by atoms with Gasteiger partial charge in [0, 0.05) is 54.0 Å². The number of benzene rings is 2. The smallest absolute Gasteiger partial charge is 0.407 e. The van der Waals surface area contributed by atoms with E-state index in [1.54, 1.807) is 0 Å². The Labute approximate surface area is 194 Å². The Hall–Kier alpha value is -2.63. The van der Waals surface area contributed by atoms with E-state index in [2.05, 4.69) is 33.4 Å². The van der Waals surface area contributed by atoms with Crippen molar-refractivity contribution in [3.05, 3.63) is 65.4 Å². The van der Waals surface area contributed by atoms with Crippen LogP contribution in [0.1, 0.15) is 39.2 Å². The van der Waals surface area contributed by atoms with Crippen molar-refractivity contribution in [2.24, 2.45) is 0 Å². The number of nitrogens with one attached hydrogen (secondary N) is 1. The van der Waals surface area contributed by atoms with Crippen LogP contribution in [0.5, 0.6) is 0 Å². The van der Waals surface area contributed by atoms with Gasteiger partial charge in [-0.15, -0.1) is 0 Å². The first-order chi connectivity index (χ1) is 15.3. The Morgan fingerprint density at radius 1 is 1.16 bits per heavy atom. The van der Waals surface area contributed by atoms with E-state index >= 15 is 0 Å². The molecule has 32 heavy (non-hydrogen) atoms. The van der Waals surface area contributed by atoms with Crippen molar-refractivity contribution < 1.29 is 9.53 Å². The minimum Gasteiger partial charge on any atom is -0.444 e. The van der Waals surface area contributed by atoms with Crippen molar-refractivity contribution in [1.29, 1.82) is 0 Å². The maximum Gasteiger partial charge on any atom is 0.407 e. The number of amides is 1. The van der Waals surface area contributed by atoms with Crippen LogP contribution in [0.2, 0.25) is 5.02 Å². The molecule has 5 nitrogen and oxygen atoms in total. The molecule has 4 rings (SSSR count). The van der Waals surface area contributed by atoms with Gasteiger partial charge in [0.2, 0.25) is 0 Å². The second-order valence-corrected chi connectivity index (χ2v) is 9.82. The number of nitrogens with zero attached hydrogens (tertiary/aromatic N) is 2. The van der Waals surface area contributed by atoms with Crippen LogP contribution in [0.3, 0.4) is 0 Å². The van der Waals surface area contributed by atoms with Gasteiger partial charge in [0.1, 0.15) is 5.60 Å². The van der Waals surface area contributed by atoms with Crippen LogP contribution in [0.4, 0.5) is 4.79 Å². The number of hydrogen-bond donors (Lipinski definition) is 1. The Morgan fingerprint density at radius 2 is 1.88 bits per heavy atom. The molecule has 0 bridgehead atoms. The summed E-state index contributed by atoms with van der Waals surface area (Å²) in [6.45, 7) is 8.21.